The quantitative estimate of drug-likeness (QED) is 0.397. The molecular weight excluding hydrogens is 395 g/mol. The average molecular weight is 422 g/mol. The van der Waals surface area contributed by atoms with Gasteiger partial charge in [0, 0.05) is 5.56 Å². The van der Waals surface area contributed by atoms with E-state index in [1.54, 1.807) is 0 Å². The molecule has 0 unspecified atom stereocenters. The molecule has 0 bridgehead atoms. The summed E-state index contributed by atoms with van der Waals surface area (Å²) in [6, 6.07) is 18.6. The summed E-state index contributed by atoms with van der Waals surface area (Å²) in [6.45, 7) is 1.32. The third kappa shape index (κ3) is 6.57. The summed E-state index contributed by atoms with van der Waals surface area (Å²) in [4.78, 5) is 12.8. The zero-order valence-electron chi connectivity index (χ0n) is 17.4. The zero-order valence-corrected chi connectivity index (χ0v) is 19.4. The van der Waals surface area contributed by atoms with Crippen LogP contribution in [-0.4, -0.2) is 44.0 Å². The van der Waals surface area contributed by atoms with Gasteiger partial charge < -0.3 is 20.4 Å². The molecule has 0 aliphatic heterocycles. The summed E-state index contributed by atoms with van der Waals surface area (Å²) in [5, 5.41) is 36.8. The van der Waals surface area contributed by atoms with Crippen LogP contribution in [0.4, 0.5) is 0 Å². The van der Waals surface area contributed by atoms with E-state index in [-0.39, 0.29) is 54.2 Å². The smallest absolute Gasteiger partial charge is 0.858 e. The number of unbranched alkanes of at least 4 members (excludes halogenated alkanes) is 1. The molecule has 2 aromatic carbocycles. The van der Waals surface area contributed by atoms with Crippen molar-refractivity contribution < 1.29 is 50.0 Å². The monoisotopic (exact) mass is 422 g/mol. The van der Waals surface area contributed by atoms with Gasteiger partial charge in [-0.15, -0.1) is 0 Å². The van der Waals surface area contributed by atoms with Gasteiger partial charge in [-0.25, -0.2) is 4.68 Å². The molecule has 8 heteroatoms. The van der Waals surface area contributed by atoms with Crippen molar-refractivity contribution in [3.05, 3.63) is 76.6 Å². The Balaban J connectivity index is 0.000000567. The third-order valence-electron chi connectivity index (χ3n) is 4.30. The molecule has 1 heterocycles. The summed E-state index contributed by atoms with van der Waals surface area (Å²) >= 11 is 0. The first-order valence-electron chi connectivity index (χ1n) is 9.59. The molecule has 3 rings (SSSR count). The van der Waals surface area contributed by atoms with E-state index in [1.165, 1.54) is 9.36 Å². The standard InChI is InChI=1S/C19H20N2O2.C3H8O3.Na/c1-2-3-14-17-18(22)20(15-10-6-4-7-11-15)21(19(17)23)16-12-8-5-9-13-16;4-1-3(6)2-5;/h4-13,22H,2-3,14H2,1H3;3-6H,1-2H2;/q;;+1/p-1. The molecule has 0 amide bonds. The zero-order chi connectivity index (χ0) is 21.2. The minimum atomic E-state index is -0.954. The Morgan fingerprint density at radius 3 is 1.77 bits per heavy atom. The van der Waals surface area contributed by atoms with Gasteiger partial charge in [0.05, 0.1) is 24.6 Å². The molecule has 156 valence electrons. The molecule has 0 aliphatic carbocycles. The third-order valence-corrected chi connectivity index (χ3v) is 4.30. The van der Waals surface area contributed by atoms with Crippen molar-refractivity contribution in [2.75, 3.05) is 13.2 Å². The molecule has 3 N–H and O–H groups in total. The van der Waals surface area contributed by atoms with Crippen LogP contribution >= 0.6 is 0 Å². The summed E-state index contributed by atoms with van der Waals surface area (Å²) in [7, 11) is 0. The van der Waals surface area contributed by atoms with E-state index >= 15 is 0 Å². The van der Waals surface area contributed by atoms with Gasteiger partial charge in [0.25, 0.3) is 5.56 Å². The minimum absolute atomic E-state index is 0. The van der Waals surface area contributed by atoms with Crippen molar-refractivity contribution in [2.24, 2.45) is 0 Å². The van der Waals surface area contributed by atoms with Crippen molar-refractivity contribution in [1.82, 2.24) is 9.36 Å². The summed E-state index contributed by atoms with van der Waals surface area (Å²) < 4.78 is 2.95. The van der Waals surface area contributed by atoms with Crippen LogP contribution in [0, 0.1) is 0 Å². The number of aliphatic hydroxyl groups is 3. The summed E-state index contributed by atoms with van der Waals surface area (Å²) in [5.41, 5.74) is 1.53. The summed E-state index contributed by atoms with van der Waals surface area (Å²) in [5.74, 6) is -0.224. The van der Waals surface area contributed by atoms with E-state index in [4.69, 9.17) is 15.3 Å². The number of hydrogen-bond donors (Lipinski definition) is 3. The van der Waals surface area contributed by atoms with Crippen LogP contribution in [-0.2, 0) is 6.42 Å². The molecule has 7 nitrogen and oxygen atoms in total. The molecular formula is C22H27N2NaO5. The molecule has 0 spiro atoms. The second-order valence-electron chi connectivity index (χ2n) is 6.51. The Morgan fingerprint density at radius 1 is 0.900 bits per heavy atom. The van der Waals surface area contributed by atoms with Gasteiger partial charge in [0.1, 0.15) is 6.10 Å². The normalized spacial score (nSPS) is 10.3. The maximum absolute atomic E-state index is 12.8. The Bertz CT molecular complexity index is 922. The Hall–Kier alpha value is -1.87. The van der Waals surface area contributed by atoms with Crippen LogP contribution in [0.3, 0.4) is 0 Å². The maximum atomic E-state index is 12.8. The molecule has 0 aliphatic rings. The minimum Gasteiger partial charge on any atom is -0.858 e. The predicted octanol–water partition coefficient (Wildman–Crippen LogP) is -1.62. The number of hydrogen-bond acceptors (Lipinski definition) is 5. The fourth-order valence-corrected chi connectivity index (χ4v) is 2.76. The Morgan fingerprint density at radius 2 is 1.37 bits per heavy atom. The first-order chi connectivity index (χ1) is 14.0. The first kappa shape index (κ1) is 26.2. The molecule has 0 saturated carbocycles. The topological polar surface area (TPSA) is 111 Å². The van der Waals surface area contributed by atoms with E-state index in [0.717, 1.165) is 12.8 Å². The number of nitrogens with zero attached hydrogens (tertiary/aromatic N) is 2. The Labute approximate surface area is 198 Å². The number of benzene rings is 2. The van der Waals surface area contributed by atoms with Crippen molar-refractivity contribution in [1.29, 1.82) is 0 Å². The predicted molar refractivity (Wildman–Crippen MR) is 110 cm³/mol. The fraction of sp³-hybridized carbons (Fsp3) is 0.318. The van der Waals surface area contributed by atoms with Crippen LogP contribution in [0.2, 0.25) is 0 Å². The molecule has 0 saturated heterocycles. The number of rotatable bonds is 7. The van der Waals surface area contributed by atoms with Crippen molar-refractivity contribution >= 4 is 0 Å². The van der Waals surface area contributed by atoms with Gasteiger partial charge in [-0.2, -0.15) is 0 Å². The fourth-order valence-electron chi connectivity index (χ4n) is 2.76. The van der Waals surface area contributed by atoms with Gasteiger partial charge in [-0.05, 0) is 43.0 Å². The largest absolute Gasteiger partial charge is 1.00 e. The van der Waals surface area contributed by atoms with E-state index in [1.807, 2.05) is 67.6 Å². The van der Waals surface area contributed by atoms with Gasteiger partial charge in [0.2, 0.25) is 0 Å². The number of para-hydroxylation sites is 2. The Kier molecular flexibility index (Phi) is 11.7. The van der Waals surface area contributed by atoms with E-state index in [9.17, 15) is 9.90 Å². The molecule has 1 aromatic heterocycles. The average Bonchev–Trinajstić information content (AvgIpc) is 3.02. The number of aliphatic hydroxyl groups excluding tert-OH is 3. The van der Waals surface area contributed by atoms with E-state index < -0.39 is 6.10 Å². The maximum Gasteiger partial charge on any atom is 1.00 e. The van der Waals surface area contributed by atoms with Crippen molar-refractivity contribution in [2.45, 2.75) is 32.3 Å². The van der Waals surface area contributed by atoms with Gasteiger partial charge >= 0.3 is 29.6 Å². The van der Waals surface area contributed by atoms with Gasteiger partial charge in [-0.3, -0.25) is 9.48 Å². The molecule has 3 aromatic rings. The van der Waals surface area contributed by atoms with E-state index in [2.05, 4.69) is 0 Å². The number of aromatic nitrogens is 2. The van der Waals surface area contributed by atoms with Gasteiger partial charge in [0.15, 0.2) is 0 Å². The molecule has 0 fully saturated rings. The first-order valence-corrected chi connectivity index (χ1v) is 9.59. The van der Waals surface area contributed by atoms with Crippen molar-refractivity contribution in [3.63, 3.8) is 0 Å². The second-order valence-corrected chi connectivity index (χ2v) is 6.51. The van der Waals surface area contributed by atoms with Crippen LogP contribution in [0.15, 0.2) is 65.5 Å². The van der Waals surface area contributed by atoms with Crippen molar-refractivity contribution in [3.8, 4) is 17.3 Å². The molecule has 0 radical (unpaired) electrons. The van der Waals surface area contributed by atoms with Crippen LogP contribution in [0.1, 0.15) is 25.3 Å². The van der Waals surface area contributed by atoms with Crippen LogP contribution in [0.25, 0.3) is 11.4 Å². The van der Waals surface area contributed by atoms with Crippen LogP contribution in [0.5, 0.6) is 5.88 Å². The van der Waals surface area contributed by atoms with Gasteiger partial charge in [-0.1, -0.05) is 49.7 Å². The molecule has 0 atom stereocenters. The molecule has 30 heavy (non-hydrogen) atoms. The van der Waals surface area contributed by atoms with E-state index in [0.29, 0.717) is 23.4 Å². The second kappa shape index (κ2) is 13.4. The summed E-state index contributed by atoms with van der Waals surface area (Å²) in [6.07, 6.45) is 1.34. The SMILES string of the molecule is CCCCc1c([O-])n(-c2ccccc2)n(-c2ccccc2)c1=O.OCC(O)CO.[Na+]. The van der Waals surface area contributed by atoms with Crippen LogP contribution < -0.4 is 40.2 Å².